The third-order valence-electron chi connectivity index (χ3n) is 3.02. The minimum Gasteiger partial charge on any atom is -0.490 e. The van der Waals surface area contributed by atoms with Gasteiger partial charge in [-0.2, -0.15) is 0 Å². The maximum absolute atomic E-state index is 5.69. The van der Waals surface area contributed by atoms with Crippen LogP contribution in [0.15, 0.2) is 18.3 Å². The average Bonchev–Trinajstić information content (AvgIpc) is 2.41. The van der Waals surface area contributed by atoms with E-state index >= 15 is 0 Å². The summed E-state index contributed by atoms with van der Waals surface area (Å²) in [4.78, 5) is 4.35. The molecule has 4 heteroatoms. The maximum atomic E-state index is 5.69. The molecular formula is C15H27N3O. The zero-order valence-corrected chi connectivity index (χ0v) is 12.4. The molecule has 0 aliphatic carbocycles. The molecule has 0 saturated heterocycles. The molecule has 1 aromatic heterocycles. The monoisotopic (exact) mass is 265 g/mol. The van der Waals surface area contributed by atoms with Crippen LogP contribution in [-0.2, 0) is 0 Å². The van der Waals surface area contributed by atoms with E-state index in [4.69, 9.17) is 10.5 Å². The second-order valence-corrected chi connectivity index (χ2v) is 5.61. The number of aromatic nitrogens is 1. The molecule has 0 aromatic carbocycles. The Balaban J connectivity index is 2.56. The quantitative estimate of drug-likeness (QED) is 0.720. The summed E-state index contributed by atoms with van der Waals surface area (Å²) in [5.74, 6) is 1.66. The molecule has 0 saturated carbocycles. The molecule has 19 heavy (non-hydrogen) atoms. The Morgan fingerprint density at radius 1 is 1.42 bits per heavy atom. The fourth-order valence-electron chi connectivity index (χ4n) is 1.84. The van der Waals surface area contributed by atoms with E-state index in [1.807, 2.05) is 12.1 Å². The van der Waals surface area contributed by atoms with Gasteiger partial charge in [0.05, 0.1) is 6.61 Å². The number of nitrogens with one attached hydrogen (secondary N) is 1. The summed E-state index contributed by atoms with van der Waals surface area (Å²) in [6, 6.07) is 3.85. The molecule has 108 valence electrons. The lowest BCUT2D eigenvalue weighted by Gasteiger charge is -2.25. The molecule has 0 amide bonds. The Labute approximate surface area is 116 Å². The van der Waals surface area contributed by atoms with Crippen LogP contribution in [0.5, 0.6) is 5.75 Å². The zero-order valence-electron chi connectivity index (χ0n) is 12.4. The van der Waals surface area contributed by atoms with Gasteiger partial charge >= 0.3 is 0 Å². The van der Waals surface area contributed by atoms with Crippen molar-refractivity contribution in [3.63, 3.8) is 0 Å². The number of hydrogen-bond acceptors (Lipinski definition) is 4. The van der Waals surface area contributed by atoms with Gasteiger partial charge in [-0.15, -0.1) is 0 Å². The number of nitrogens with zero attached hydrogens (tertiary/aromatic N) is 1. The van der Waals surface area contributed by atoms with Crippen LogP contribution in [0, 0.1) is 5.41 Å². The van der Waals surface area contributed by atoms with Crippen molar-refractivity contribution in [1.29, 1.82) is 0 Å². The Bertz CT molecular complexity index is 366. The Morgan fingerprint density at radius 2 is 2.21 bits per heavy atom. The summed E-state index contributed by atoms with van der Waals surface area (Å²) in [7, 11) is 0. The van der Waals surface area contributed by atoms with Crippen LogP contribution in [0.25, 0.3) is 0 Å². The van der Waals surface area contributed by atoms with Gasteiger partial charge in [-0.1, -0.05) is 20.8 Å². The molecule has 0 bridgehead atoms. The topological polar surface area (TPSA) is 60.2 Å². The molecule has 0 aliphatic rings. The summed E-state index contributed by atoms with van der Waals surface area (Å²) in [5.41, 5.74) is 5.78. The van der Waals surface area contributed by atoms with Gasteiger partial charge in [0.2, 0.25) is 0 Å². The third-order valence-corrected chi connectivity index (χ3v) is 3.02. The van der Waals surface area contributed by atoms with Crippen molar-refractivity contribution in [2.45, 2.75) is 40.0 Å². The SMILES string of the molecule is CCCOc1cccnc1NCC(C)(C)CCCN. The van der Waals surface area contributed by atoms with Crippen LogP contribution in [0.4, 0.5) is 5.82 Å². The first kappa shape index (κ1) is 15.8. The van der Waals surface area contributed by atoms with Crippen LogP contribution < -0.4 is 15.8 Å². The van der Waals surface area contributed by atoms with Crippen molar-refractivity contribution in [1.82, 2.24) is 4.98 Å². The lowest BCUT2D eigenvalue weighted by atomic mass is 9.88. The van der Waals surface area contributed by atoms with Crippen molar-refractivity contribution >= 4 is 5.82 Å². The molecule has 3 N–H and O–H groups in total. The van der Waals surface area contributed by atoms with Gasteiger partial charge in [-0.05, 0) is 43.4 Å². The van der Waals surface area contributed by atoms with E-state index in [9.17, 15) is 0 Å². The van der Waals surface area contributed by atoms with Gasteiger partial charge in [0.25, 0.3) is 0 Å². The number of rotatable bonds is 9. The van der Waals surface area contributed by atoms with Crippen molar-refractivity contribution in [2.24, 2.45) is 11.1 Å². The fourth-order valence-corrected chi connectivity index (χ4v) is 1.84. The minimum atomic E-state index is 0.207. The Morgan fingerprint density at radius 3 is 2.89 bits per heavy atom. The van der Waals surface area contributed by atoms with E-state index in [2.05, 4.69) is 31.1 Å². The van der Waals surface area contributed by atoms with Crippen molar-refractivity contribution in [2.75, 3.05) is 25.0 Å². The second kappa shape index (κ2) is 8.00. The number of hydrogen-bond donors (Lipinski definition) is 2. The maximum Gasteiger partial charge on any atom is 0.168 e. The van der Waals surface area contributed by atoms with Gasteiger partial charge in [-0.25, -0.2) is 4.98 Å². The Kier molecular flexibility index (Phi) is 6.64. The van der Waals surface area contributed by atoms with Crippen LogP contribution >= 0.6 is 0 Å². The number of nitrogens with two attached hydrogens (primary N) is 1. The van der Waals surface area contributed by atoms with Gasteiger partial charge in [0.1, 0.15) is 0 Å². The highest BCUT2D eigenvalue weighted by molar-refractivity contribution is 5.49. The van der Waals surface area contributed by atoms with E-state index < -0.39 is 0 Å². The molecule has 0 unspecified atom stereocenters. The molecule has 1 aromatic rings. The van der Waals surface area contributed by atoms with Crippen LogP contribution in [0.1, 0.15) is 40.0 Å². The van der Waals surface area contributed by atoms with Crippen molar-refractivity contribution < 1.29 is 4.74 Å². The highest BCUT2D eigenvalue weighted by Gasteiger charge is 2.17. The number of pyridine rings is 1. The number of anilines is 1. The summed E-state index contributed by atoms with van der Waals surface area (Å²) in [6.07, 6.45) is 4.94. The van der Waals surface area contributed by atoms with Gasteiger partial charge in [0.15, 0.2) is 11.6 Å². The molecule has 1 heterocycles. The highest BCUT2D eigenvalue weighted by Crippen LogP contribution is 2.26. The molecule has 1 rings (SSSR count). The first-order chi connectivity index (χ1) is 9.09. The molecule has 4 nitrogen and oxygen atoms in total. The Hall–Kier alpha value is -1.29. The van der Waals surface area contributed by atoms with Crippen molar-refractivity contribution in [3.05, 3.63) is 18.3 Å². The van der Waals surface area contributed by atoms with Crippen LogP contribution in [-0.4, -0.2) is 24.7 Å². The lowest BCUT2D eigenvalue weighted by molar-refractivity contribution is 0.316. The van der Waals surface area contributed by atoms with Gasteiger partial charge in [0, 0.05) is 12.7 Å². The first-order valence-corrected chi connectivity index (χ1v) is 7.11. The largest absolute Gasteiger partial charge is 0.490 e. The van der Waals surface area contributed by atoms with Crippen LogP contribution in [0.3, 0.4) is 0 Å². The fraction of sp³-hybridized carbons (Fsp3) is 0.667. The molecule has 0 fully saturated rings. The zero-order chi connectivity index (χ0) is 14.1. The van der Waals surface area contributed by atoms with E-state index in [0.29, 0.717) is 0 Å². The molecule has 0 atom stereocenters. The third kappa shape index (κ3) is 5.92. The summed E-state index contributed by atoms with van der Waals surface area (Å²) >= 11 is 0. The predicted octanol–water partition coefficient (Wildman–Crippen LogP) is 3.05. The predicted molar refractivity (Wildman–Crippen MR) is 80.6 cm³/mol. The highest BCUT2D eigenvalue weighted by atomic mass is 16.5. The van der Waals surface area contributed by atoms with E-state index in [0.717, 1.165) is 50.5 Å². The molecular weight excluding hydrogens is 238 g/mol. The van der Waals surface area contributed by atoms with Gasteiger partial charge in [-0.3, -0.25) is 0 Å². The lowest BCUT2D eigenvalue weighted by Crippen LogP contribution is -2.24. The molecule has 0 radical (unpaired) electrons. The normalized spacial score (nSPS) is 11.4. The molecule has 0 aliphatic heterocycles. The standard InChI is InChI=1S/C15H27N3O/c1-4-11-19-13-7-5-10-17-14(13)18-12-15(2,3)8-6-9-16/h5,7,10H,4,6,8-9,11-12,16H2,1-3H3,(H,17,18). The first-order valence-electron chi connectivity index (χ1n) is 7.11. The van der Waals surface area contributed by atoms with Crippen molar-refractivity contribution in [3.8, 4) is 5.75 Å². The van der Waals surface area contributed by atoms with Gasteiger partial charge < -0.3 is 15.8 Å². The smallest absolute Gasteiger partial charge is 0.168 e. The summed E-state index contributed by atoms with van der Waals surface area (Å²) < 4.78 is 5.69. The van der Waals surface area contributed by atoms with E-state index in [1.54, 1.807) is 6.20 Å². The second-order valence-electron chi connectivity index (χ2n) is 5.61. The number of ether oxygens (including phenoxy) is 1. The van der Waals surface area contributed by atoms with E-state index in [-0.39, 0.29) is 5.41 Å². The summed E-state index contributed by atoms with van der Waals surface area (Å²) in [5, 5.41) is 3.39. The molecule has 0 spiro atoms. The minimum absolute atomic E-state index is 0.207. The summed E-state index contributed by atoms with van der Waals surface area (Å²) in [6.45, 7) is 8.91. The van der Waals surface area contributed by atoms with Crippen LogP contribution in [0.2, 0.25) is 0 Å². The average molecular weight is 265 g/mol. The van der Waals surface area contributed by atoms with E-state index in [1.165, 1.54) is 0 Å².